The fourth-order valence-corrected chi connectivity index (χ4v) is 1.62. The minimum absolute atomic E-state index is 0.109. The van der Waals surface area contributed by atoms with Crippen molar-refractivity contribution in [1.82, 2.24) is 5.16 Å². The van der Waals surface area contributed by atoms with Gasteiger partial charge >= 0.3 is 0 Å². The molecule has 1 heterocycles. The lowest BCUT2D eigenvalue weighted by atomic mass is 10.0. The minimum atomic E-state index is -0.109. The lowest BCUT2D eigenvalue weighted by molar-refractivity contribution is 0.0978. The van der Waals surface area contributed by atoms with Gasteiger partial charge in [-0.15, -0.1) is 0 Å². The molecule has 3 heteroatoms. The van der Waals surface area contributed by atoms with E-state index in [0.29, 0.717) is 17.4 Å². The van der Waals surface area contributed by atoms with Gasteiger partial charge in [0, 0.05) is 18.6 Å². The second-order valence-electron chi connectivity index (χ2n) is 4.41. The molecule has 0 atom stereocenters. The van der Waals surface area contributed by atoms with Crippen molar-refractivity contribution in [3.8, 4) is 11.3 Å². The first-order valence-corrected chi connectivity index (χ1v) is 5.66. The van der Waals surface area contributed by atoms with Crippen LogP contribution in [-0.2, 0) is 0 Å². The number of Topliss-reactive ketones (excluding diaryl/α,β-unsaturated/α-hetero) is 1. The van der Waals surface area contributed by atoms with Gasteiger partial charge in [-0.2, -0.15) is 0 Å². The summed E-state index contributed by atoms with van der Waals surface area (Å²) in [6.07, 6.45) is 0. The van der Waals surface area contributed by atoms with Gasteiger partial charge in [0.1, 0.15) is 5.69 Å². The Hall–Kier alpha value is -1.90. The molecule has 0 spiro atoms. The maximum atomic E-state index is 11.1. The number of carbonyl (C=O) groups excluding carboxylic acids is 1. The molecule has 0 unspecified atom stereocenters. The van der Waals surface area contributed by atoms with E-state index in [1.54, 1.807) is 6.07 Å². The number of ketones is 1. The van der Waals surface area contributed by atoms with Crippen molar-refractivity contribution in [2.45, 2.75) is 26.7 Å². The summed E-state index contributed by atoms with van der Waals surface area (Å²) in [4.78, 5) is 11.1. The number of rotatable bonds is 3. The molecule has 1 aromatic carbocycles. The van der Waals surface area contributed by atoms with E-state index in [1.165, 1.54) is 12.5 Å². The van der Waals surface area contributed by atoms with Crippen LogP contribution < -0.4 is 0 Å². The molecule has 17 heavy (non-hydrogen) atoms. The summed E-state index contributed by atoms with van der Waals surface area (Å²) in [5.41, 5.74) is 2.94. The predicted octanol–water partition coefficient (Wildman–Crippen LogP) is 3.67. The van der Waals surface area contributed by atoms with Gasteiger partial charge in [0.05, 0.1) is 0 Å². The van der Waals surface area contributed by atoms with Crippen LogP contribution in [0, 0.1) is 0 Å². The van der Waals surface area contributed by atoms with Gasteiger partial charge in [0.15, 0.2) is 5.78 Å². The summed E-state index contributed by atoms with van der Waals surface area (Å²) in [7, 11) is 0. The molecule has 0 aliphatic rings. The van der Waals surface area contributed by atoms with Crippen LogP contribution in [0.2, 0.25) is 0 Å². The Bertz CT molecular complexity index is 523. The molecule has 0 fully saturated rings. The number of hydrogen-bond donors (Lipinski definition) is 0. The maximum absolute atomic E-state index is 11.1. The van der Waals surface area contributed by atoms with Crippen LogP contribution >= 0.6 is 0 Å². The van der Waals surface area contributed by atoms with Crippen molar-refractivity contribution in [2.75, 3.05) is 0 Å². The van der Waals surface area contributed by atoms with Gasteiger partial charge in [-0.25, -0.2) is 0 Å². The molecule has 3 nitrogen and oxygen atoms in total. The van der Waals surface area contributed by atoms with Crippen molar-refractivity contribution in [3.63, 3.8) is 0 Å². The molecule has 88 valence electrons. The maximum Gasteiger partial charge on any atom is 0.202 e. The number of carbonyl (C=O) groups is 1. The molecule has 1 aromatic heterocycles. The van der Waals surface area contributed by atoms with E-state index >= 15 is 0 Å². The lowest BCUT2D eigenvalue weighted by Gasteiger charge is -2.04. The second kappa shape index (κ2) is 4.53. The Labute approximate surface area is 100 Å². The molecule has 2 aromatic rings. The van der Waals surface area contributed by atoms with E-state index in [0.717, 1.165) is 5.56 Å². The molecule has 0 aliphatic carbocycles. The van der Waals surface area contributed by atoms with Crippen LogP contribution in [-0.4, -0.2) is 10.9 Å². The highest BCUT2D eigenvalue weighted by Crippen LogP contribution is 2.22. The molecule has 0 amide bonds. The average Bonchev–Trinajstić information content (AvgIpc) is 2.78. The van der Waals surface area contributed by atoms with Gasteiger partial charge in [-0.3, -0.25) is 4.79 Å². The molecule has 0 N–H and O–H groups in total. The first-order chi connectivity index (χ1) is 8.08. The summed E-state index contributed by atoms with van der Waals surface area (Å²) in [6, 6.07) is 9.81. The largest absolute Gasteiger partial charge is 0.353 e. The quantitative estimate of drug-likeness (QED) is 0.754. The molecule has 0 saturated carbocycles. The van der Waals surface area contributed by atoms with E-state index in [2.05, 4.69) is 31.1 Å². The summed E-state index contributed by atoms with van der Waals surface area (Å²) < 4.78 is 4.96. The van der Waals surface area contributed by atoms with E-state index in [9.17, 15) is 4.79 Å². The Morgan fingerprint density at radius 1 is 1.24 bits per heavy atom. The zero-order valence-corrected chi connectivity index (χ0v) is 10.2. The average molecular weight is 229 g/mol. The van der Waals surface area contributed by atoms with Crippen LogP contribution in [0.3, 0.4) is 0 Å². The third-order valence-electron chi connectivity index (χ3n) is 2.73. The Morgan fingerprint density at radius 2 is 1.88 bits per heavy atom. The summed E-state index contributed by atoms with van der Waals surface area (Å²) >= 11 is 0. The van der Waals surface area contributed by atoms with Crippen molar-refractivity contribution in [2.24, 2.45) is 0 Å². The van der Waals surface area contributed by atoms with Crippen molar-refractivity contribution >= 4 is 5.78 Å². The van der Waals surface area contributed by atoms with E-state index < -0.39 is 0 Å². The van der Waals surface area contributed by atoms with Crippen LogP contribution in [0.5, 0.6) is 0 Å². The fourth-order valence-electron chi connectivity index (χ4n) is 1.62. The van der Waals surface area contributed by atoms with E-state index in [4.69, 9.17) is 4.52 Å². The third-order valence-corrected chi connectivity index (χ3v) is 2.73. The fraction of sp³-hybridized carbons (Fsp3) is 0.286. The number of hydrogen-bond acceptors (Lipinski definition) is 3. The molecule has 0 aliphatic heterocycles. The second-order valence-corrected chi connectivity index (χ2v) is 4.41. The molecular formula is C14H15NO2. The first-order valence-electron chi connectivity index (χ1n) is 5.66. The lowest BCUT2D eigenvalue weighted by Crippen LogP contribution is -1.87. The highest BCUT2D eigenvalue weighted by molar-refractivity contribution is 5.92. The highest BCUT2D eigenvalue weighted by Gasteiger charge is 2.10. The normalized spacial score (nSPS) is 10.8. The van der Waals surface area contributed by atoms with E-state index in [-0.39, 0.29) is 5.78 Å². The topological polar surface area (TPSA) is 43.1 Å². The Kier molecular flexibility index (Phi) is 3.09. The van der Waals surface area contributed by atoms with Gasteiger partial charge in [0.2, 0.25) is 5.76 Å². The van der Waals surface area contributed by atoms with Crippen molar-refractivity contribution in [1.29, 1.82) is 0 Å². The SMILES string of the molecule is CC(=O)c1cc(-c2ccc(C(C)C)cc2)no1. The molecule has 0 bridgehead atoms. The Balaban J connectivity index is 2.30. The van der Waals surface area contributed by atoms with Crippen LogP contribution in [0.15, 0.2) is 34.9 Å². The standard InChI is InChI=1S/C14H15NO2/c1-9(2)11-4-6-12(7-5-11)13-8-14(10(3)16)17-15-13/h4-9H,1-3H3. The summed E-state index contributed by atoms with van der Waals surface area (Å²) in [5.74, 6) is 0.699. The molecule has 0 saturated heterocycles. The zero-order chi connectivity index (χ0) is 12.4. The van der Waals surface area contributed by atoms with Crippen LogP contribution in [0.25, 0.3) is 11.3 Å². The Morgan fingerprint density at radius 3 is 2.35 bits per heavy atom. The zero-order valence-electron chi connectivity index (χ0n) is 10.2. The monoisotopic (exact) mass is 229 g/mol. The highest BCUT2D eigenvalue weighted by atomic mass is 16.5. The van der Waals surface area contributed by atoms with E-state index in [1.807, 2.05) is 12.1 Å². The van der Waals surface area contributed by atoms with Crippen LogP contribution in [0.4, 0.5) is 0 Å². The van der Waals surface area contributed by atoms with Crippen molar-refractivity contribution in [3.05, 3.63) is 41.7 Å². The van der Waals surface area contributed by atoms with Gasteiger partial charge in [-0.1, -0.05) is 43.3 Å². The smallest absolute Gasteiger partial charge is 0.202 e. The summed E-state index contributed by atoms with van der Waals surface area (Å²) in [5, 5.41) is 3.89. The third kappa shape index (κ3) is 2.44. The predicted molar refractivity (Wildman–Crippen MR) is 66.0 cm³/mol. The minimum Gasteiger partial charge on any atom is -0.353 e. The summed E-state index contributed by atoms with van der Waals surface area (Å²) in [6.45, 7) is 5.77. The van der Waals surface area contributed by atoms with Gasteiger partial charge in [0.25, 0.3) is 0 Å². The van der Waals surface area contributed by atoms with Crippen LogP contribution in [0.1, 0.15) is 42.8 Å². The molecular weight excluding hydrogens is 214 g/mol. The number of nitrogens with zero attached hydrogens (tertiary/aromatic N) is 1. The van der Waals surface area contributed by atoms with Crippen molar-refractivity contribution < 1.29 is 9.32 Å². The number of aromatic nitrogens is 1. The molecule has 2 rings (SSSR count). The number of benzene rings is 1. The van der Waals surface area contributed by atoms with Gasteiger partial charge < -0.3 is 4.52 Å². The van der Waals surface area contributed by atoms with Gasteiger partial charge in [-0.05, 0) is 11.5 Å². The molecule has 0 radical (unpaired) electrons. The first kappa shape index (κ1) is 11.6.